The van der Waals surface area contributed by atoms with Gasteiger partial charge in [0, 0.05) is 10.2 Å². The van der Waals surface area contributed by atoms with E-state index < -0.39 is 17.5 Å². The predicted molar refractivity (Wildman–Crippen MR) is 111 cm³/mol. The van der Waals surface area contributed by atoms with Crippen molar-refractivity contribution < 1.29 is 13.6 Å². The van der Waals surface area contributed by atoms with Gasteiger partial charge in [-0.05, 0) is 55.3 Å². The standard InChI is InChI=1S/C22H19BrF2N2O/c1-13-12-16(23)8-11-19(13)27-21-17(9-10-18(24)20(21)25)22(28)26-14(2)15-6-4-3-5-7-15/h3-12,14,27H,1-2H3,(H,26,28). The van der Waals surface area contributed by atoms with Crippen molar-refractivity contribution in [1.82, 2.24) is 5.32 Å². The van der Waals surface area contributed by atoms with Gasteiger partial charge in [-0.2, -0.15) is 0 Å². The molecule has 0 radical (unpaired) electrons. The minimum absolute atomic E-state index is 0.0315. The second-order valence-corrected chi connectivity index (χ2v) is 7.39. The minimum Gasteiger partial charge on any atom is -0.352 e. The second kappa shape index (κ2) is 8.52. The van der Waals surface area contributed by atoms with Crippen molar-refractivity contribution in [1.29, 1.82) is 0 Å². The Morgan fingerprint density at radius 1 is 1.04 bits per heavy atom. The molecule has 28 heavy (non-hydrogen) atoms. The van der Waals surface area contributed by atoms with Gasteiger partial charge in [0.05, 0.1) is 17.3 Å². The van der Waals surface area contributed by atoms with Crippen molar-refractivity contribution >= 4 is 33.2 Å². The van der Waals surface area contributed by atoms with E-state index in [-0.39, 0.29) is 17.3 Å². The summed E-state index contributed by atoms with van der Waals surface area (Å²) in [6, 6.07) is 16.7. The summed E-state index contributed by atoms with van der Waals surface area (Å²) in [4.78, 5) is 12.8. The van der Waals surface area contributed by atoms with Gasteiger partial charge in [0.1, 0.15) is 0 Å². The quantitative estimate of drug-likeness (QED) is 0.486. The SMILES string of the molecule is Cc1cc(Br)ccc1Nc1c(C(=O)NC(C)c2ccccc2)ccc(F)c1F. The number of carbonyl (C=O) groups is 1. The number of carbonyl (C=O) groups excluding carboxylic acids is 1. The van der Waals surface area contributed by atoms with Crippen LogP contribution in [0.4, 0.5) is 20.2 Å². The highest BCUT2D eigenvalue weighted by Crippen LogP contribution is 2.29. The van der Waals surface area contributed by atoms with Crippen LogP contribution in [0.1, 0.15) is 34.5 Å². The van der Waals surface area contributed by atoms with Crippen LogP contribution >= 0.6 is 15.9 Å². The molecule has 6 heteroatoms. The Bertz CT molecular complexity index is 1010. The van der Waals surface area contributed by atoms with Crippen molar-refractivity contribution in [3.05, 3.63) is 93.5 Å². The first-order valence-electron chi connectivity index (χ1n) is 8.74. The van der Waals surface area contributed by atoms with Gasteiger partial charge in [0.15, 0.2) is 11.6 Å². The molecule has 2 N–H and O–H groups in total. The number of anilines is 2. The van der Waals surface area contributed by atoms with Crippen molar-refractivity contribution in [3.8, 4) is 0 Å². The summed E-state index contributed by atoms with van der Waals surface area (Å²) in [5.41, 5.74) is 2.16. The highest BCUT2D eigenvalue weighted by molar-refractivity contribution is 9.10. The summed E-state index contributed by atoms with van der Waals surface area (Å²) in [6.45, 7) is 3.67. The summed E-state index contributed by atoms with van der Waals surface area (Å²) in [5.74, 6) is -2.61. The molecule has 0 saturated heterocycles. The Hall–Kier alpha value is -2.73. The maximum atomic E-state index is 14.6. The molecule has 1 amide bonds. The summed E-state index contributed by atoms with van der Waals surface area (Å²) >= 11 is 3.37. The van der Waals surface area contributed by atoms with E-state index in [0.29, 0.717) is 5.69 Å². The van der Waals surface area contributed by atoms with E-state index >= 15 is 0 Å². The summed E-state index contributed by atoms with van der Waals surface area (Å²) in [6.07, 6.45) is 0. The van der Waals surface area contributed by atoms with Crippen LogP contribution in [0.3, 0.4) is 0 Å². The maximum absolute atomic E-state index is 14.6. The number of halogens is 3. The first-order valence-corrected chi connectivity index (χ1v) is 9.53. The normalized spacial score (nSPS) is 11.8. The third kappa shape index (κ3) is 4.39. The van der Waals surface area contributed by atoms with E-state index in [1.807, 2.05) is 50.2 Å². The molecule has 0 bridgehead atoms. The number of hydrogen-bond acceptors (Lipinski definition) is 2. The zero-order valence-corrected chi connectivity index (χ0v) is 17.0. The van der Waals surface area contributed by atoms with Crippen LogP contribution in [0.5, 0.6) is 0 Å². The fourth-order valence-electron chi connectivity index (χ4n) is 2.86. The van der Waals surface area contributed by atoms with Crippen LogP contribution in [-0.2, 0) is 0 Å². The van der Waals surface area contributed by atoms with E-state index in [1.165, 1.54) is 6.07 Å². The lowest BCUT2D eigenvalue weighted by Gasteiger charge is -2.18. The number of benzene rings is 3. The summed E-state index contributed by atoms with van der Waals surface area (Å²) < 4.78 is 29.3. The molecule has 0 spiro atoms. The topological polar surface area (TPSA) is 41.1 Å². The average Bonchev–Trinajstić information content (AvgIpc) is 2.68. The number of hydrogen-bond donors (Lipinski definition) is 2. The molecule has 144 valence electrons. The van der Waals surface area contributed by atoms with Gasteiger partial charge in [0.25, 0.3) is 5.91 Å². The molecule has 3 rings (SSSR count). The van der Waals surface area contributed by atoms with Crippen LogP contribution in [0.15, 0.2) is 65.1 Å². The Labute approximate surface area is 170 Å². The van der Waals surface area contributed by atoms with Crippen LogP contribution in [-0.4, -0.2) is 5.91 Å². The molecule has 3 nitrogen and oxygen atoms in total. The van der Waals surface area contributed by atoms with Crippen LogP contribution in [0, 0.1) is 18.6 Å². The van der Waals surface area contributed by atoms with E-state index in [1.54, 1.807) is 12.1 Å². The van der Waals surface area contributed by atoms with E-state index in [0.717, 1.165) is 21.7 Å². The first kappa shape index (κ1) is 20.0. The molecule has 0 aliphatic carbocycles. The zero-order valence-electron chi connectivity index (χ0n) is 15.4. The van der Waals surface area contributed by atoms with Gasteiger partial charge in [-0.25, -0.2) is 8.78 Å². The minimum atomic E-state index is -1.10. The molecule has 0 aliphatic rings. The van der Waals surface area contributed by atoms with Crippen LogP contribution in [0.2, 0.25) is 0 Å². The monoisotopic (exact) mass is 444 g/mol. The molecule has 1 unspecified atom stereocenters. The van der Waals surface area contributed by atoms with Gasteiger partial charge in [-0.3, -0.25) is 4.79 Å². The highest BCUT2D eigenvalue weighted by atomic mass is 79.9. The van der Waals surface area contributed by atoms with Crippen LogP contribution in [0.25, 0.3) is 0 Å². The van der Waals surface area contributed by atoms with E-state index in [9.17, 15) is 13.6 Å². The van der Waals surface area contributed by atoms with Crippen molar-refractivity contribution in [2.45, 2.75) is 19.9 Å². The van der Waals surface area contributed by atoms with Crippen molar-refractivity contribution in [2.24, 2.45) is 0 Å². The van der Waals surface area contributed by atoms with Gasteiger partial charge in [0.2, 0.25) is 0 Å². The Kier molecular flexibility index (Phi) is 6.09. The van der Waals surface area contributed by atoms with Crippen molar-refractivity contribution in [3.63, 3.8) is 0 Å². The molecule has 0 saturated carbocycles. The molecule has 0 heterocycles. The number of amides is 1. The smallest absolute Gasteiger partial charge is 0.253 e. The Morgan fingerprint density at radius 3 is 2.43 bits per heavy atom. The van der Waals surface area contributed by atoms with E-state index in [4.69, 9.17) is 0 Å². The van der Waals surface area contributed by atoms with Gasteiger partial charge in [-0.1, -0.05) is 46.3 Å². The van der Waals surface area contributed by atoms with Gasteiger partial charge >= 0.3 is 0 Å². The Balaban J connectivity index is 1.92. The first-order chi connectivity index (χ1) is 13.4. The third-order valence-corrected chi connectivity index (χ3v) is 4.93. The largest absolute Gasteiger partial charge is 0.352 e. The summed E-state index contributed by atoms with van der Waals surface area (Å²) in [5, 5.41) is 5.71. The second-order valence-electron chi connectivity index (χ2n) is 6.47. The number of nitrogens with one attached hydrogen (secondary N) is 2. The third-order valence-electron chi connectivity index (χ3n) is 4.43. The number of rotatable bonds is 5. The maximum Gasteiger partial charge on any atom is 0.253 e. The average molecular weight is 445 g/mol. The van der Waals surface area contributed by atoms with Crippen LogP contribution < -0.4 is 10.6 Å². The molecule has 1 atom stereocenters. The molecule has 3 aromatic carbocycles. The molecular formula is C22H19BrF2N2O. The fraction of sp³-hybridized carbons (Fsp3) is 0.136. The molecule has 0 aromatic heterocycles. The van der Waals surface area contributed by atoms with Crippen molar-refractivity contribution in [2.75, 3.05) is 5.32 Å². The number of aryl methyl sites for hydroxylation is 1. The lowest BCUT2D eigenvalue weighted by Crippen LogP contribution is -2.27. The van der Waals surface area contributed by atoms with E-state index in [2.05, 4.69) is 26.6 Å². The highest BCUT2D eigenvalue weighted by Gasteiger charge is 2.21. The molecule has 0 fully saturated rings. The van der Waals surface area contributed by atoms with Gasteiger partial charge < -0.3 is 10.6 Å². The molecule has 0 aliphatic heterocycles. The molecule has 3 aromatic rings. The molecular weight excluding hydrogens is 426 g/mol. The lowest BCUT2D eigenvalue weighted by atomic mass is 10.1. The zero-order chi connectivity index (χ0) is 20.3. The summed E-state index contributed by atoms with van der Waals surface area (Å²) in [7, 11) is 0. The lowest BCUT2D eigenvalue weighted by molar-refractivity contribution is 0.0940. The van der Waals surface area contributed by atoms with Gasteiger partial charge in [-0.15, -0.1) is 0 Å². The predicted octanol–water partition coefficient (Wildman–Crippen LogP) is 6.27. The fourth-order valence-corrected chi connectivity index (χ4v) is 3.34. The Morgan fingerprint density at radius 2 is 1.75 bits per heavy atom.